The van der Waals surface area contributed by atoms with Crippen LogP contribution in [-0.4, -0.2) is 23.1 Å². The highest BCUT2D eigenvalue weighted by molar-refractivity contribution is 7.97. The monoisotopic (exact) mass is 198 g/mol. The molecule has 0 spiro atoms. The van der Waals surface area contributed by atoms with E-state index in [-0.39, 0.29) is 0 Å². The van der Waals surface area contributed by atoms with Crippen LogP contribution in [0.15, 0.2) is 0 Å². The summed E-state index contributed by atoms with van der Waals surface area (Å²) in [5.41, 5.74) is 0.559. The minimum absolute atomic E-state index is 0.559. The normalized spacial score (nSPS) is 22.5. The zero-order valence-corrected chi connectivity index (χ0v) is 9.36. The fourth-order valence-corrected chi connectivity index (χ4v) is 2.31. The quantitative estimate of drug-likeness (QED) is 0.652. The molecular weight excluding hydrogens is 180 g/mol. The fourth-order valence-electron chi connectivity index (χ4n) is 1.63. The van der Waals surface area contributed by atoms with Gasteiger partial charge in [-0.25, -0.2) is 4.31 Å². The molecule has 2 nitrogen and oxygen atoms in total. The van der Waals surface area contributed by atoms with Gasteiger partial charge in [-0.1, -0.05) is 32.2 Å². The van der Waals surface area contributed by atoms with E-state index in [2.05, 4.69) is 24.2 Å². The van der Waals surface area contributed by atoms with Crippen molar-refractivity contribution in [2.75, 3.05) is 18.8 Å². The van der Waals surface area contributed by atoms with Crippen LogP contribution in [0.1, 0.15) is 33.1 Å². The van der Waals surface area contributed by atoms with Gasteiger partial charge in [-0.05, 0) is 18.3 Å². The van der Waals surface area contributed by atoms with Crippen molar-refractivity contribution in [1.82, 2.24) is 4.31 Å². The molecule has 0 aromatic heterocycles. The highest BCUT2D eigenvalue weighted by Gasteiger charge is 2.28. The Hall–Kier alpha value is -0.200. The lowest BCUT2D eigenvalue weighted by atomic mass is 9.79. The maximum absolute atomic E-state index is 8.45. The van der Waals surface area contributed by atoms with Gasteiger partial charge in [0.2, 0.25) is 0 Å². The lowest BCUT2D eigenvalue weighted by Gasteiger charge is -2.37. The largest absolute Gasteiger partial charge is 0.250 e. The van der Waals surface area contributed by atoms with Gasteiger partial charge in [-0.2, -0.15) is 5.26 Å². The van der Waals surface area contributed by atoms with Gasteiger partial charge in [-0.3, -0.25) is 0 Å². The summed E-state index contributed by atoms with van der Waals surface area (Å²) in [5.74, 6) is 0.600. The van der Waals surface area contributed by atoms with Crippen molar-refractivity contribution in [2.45, 2.75) is 33.1 Å². The zero-order valence-electron chi connectivity index (χ0n) is 8.55. The molecule has 74 valence electrons. The molecule has 0 unspecified atom stereocenters. The van der Waals surface area contributed by atoms with Crippen molar-refractivity contribution in [3.8, 4) is 6.07 Å². The Morgan fingerprint density at radius 3 is 2.54 bits per heavy atom. The zero-order chi connectivity index (χ0) is 9.73. The number of hydrogen-bond acceptors (Lipinski definition) is 3. The van der Waals surface area contributed by atoms with E-state index in [0.717, 1.165) is 13.1 Å². The van der Waals surface area contributed by atoms with Crippen molar-refractivity contribution in [3.63, 3.8) is 0 Å². The molecule has 3 heteroatoms. The van der Waals surface area contributed by atoms with Crippen molar-refractivity contribution < 1.29 is 0 Å². The van der Waals surface area contributed by atoms with Crippen LogP contribution in [0.3, 0.4) is 0 Å². The number of hydrogen-bond donors (Lipinski definition) is 0. The average Bonchev–Trinajstić information content (AvgIpc) is 2.17. The minimum Gasteiger partial charge on any atom is -0.250 e. The Morgan fingerprint density at radius 2 is 2.08 bits per heavy atom. The van der Waals surface area contributed by atoms with E-state index in [4.69, 9.17) is 5.26 Å². The van der Waals surface area contributed by atoms with Gasteiger partial charge in [-0.15, -0.1) is 0 Å². The Balaban J connectivity index is 2.27. The first-order valence-electron chi connectivity index (χ1n) is 4.95. The third-order valence-electron chi connectivity index (χ3n) is 3.09. The van der Waals surface area contributed by atoms with Gasteiger partial charge in [0.1, 0.15) is 0 Å². The fraction of sp³-hybridized carbons (Fsp3) is 0.900. The second-order valence-electron chi connectivity index (χ2n) is 4.02. The highest BCUT2D eigenvalue weighted by Crippen LogP contribution is 2.35. The number of rotatable bonds is 3. The van der Waals surface area contributed by atoms with Crippen LogP contribution < -0.4 is 0 Å². The summed E-state index contributed by atoms with van der Waals surface area (Å²) in [7, 11) is 0. The second-order valence-corrected chi connectivity index (χ2v) is 5.09. The third kappa shape index (κ3) is 3.21. The van der Waals surface area contributed by atoms with Crippen LogP contribution >= 0.6 is 11.9 Å². The van der Waals surface area contributed by atoms with Gasteiger partial charge in [0.15, 0.2) is 0 Å². The predicted molar refractivity (Wildman–Crippen MR) is 57.3 cm³/mol. The summed E-state index contributed by atoms with van der Waals surface area (Å²) in [6, 6.07) is 2.17. The Labute approximate surface area is 85.4 Å². The first-order valence-corrected chi connectivity index (χ1v) is 5.89. The number of piperidine rings is 1. The van der Waals surface area contributed by atoms with Crippen LogP contribution in [0.25, 0.3) is 0 Å². The van der Waals surface area contributed by atoms with E-state index >= 15 is 0 Å². The Morgan fingerprint density at radius 1 is 1.46 bits per heavy atom. The summed E-state index contributed by atoms with van der Waals surface area (Å²) in [6.45, 7) is 6.95. The third-order valence-corrected chi connectivity index (χ3v) is 4.08. The highest BCUT2D eigenvalue weighted by atomic mass is 32.2. The Bertz CT molecular complexity index is 190. The molecule has 1 aliphatic heterocycles. The summed E-state index contributed by atoms with van der Waals surface area (Å²) < 4.78 is 2.33. The molecule has 0 aliphatic carbocycles. The molecule has 1 rings (SSSR count). The molecule has 0 N–H and O–H groups in total. The van der Waals surface area contributed by atoms with E-state index in [1.807, 2.05) is 0 Å². The Kier molecular flexibility index (Phi) is 4.08. The molecule has 0 radical (unpaired) electrons. The molecular formula is C10H18N2S. The van der Waals surface area contributed by atoms with Crippen LogP contribution in [0.5, 0.6) is 0 Å². The van der Waals surface area contributed by atoms with Gasteiger partial charge >= 0.3 is 0 Å². The van der Waals surface area contributed by atoms with E-state index in [1.54, 1.807) is 11.9 Å². The number of nitrogens with zero attached hydrogens (tertiary/aromatic N) is 2. The van der Waals surface area contributed by atoms with E-state index in [1.165, 1.54) is 19.3 Å². The molecule has 0 saturated carbocycles. The molecule has 0 aromatic carbocycles. The molecule has 1 heterocycles. The van der Waals surface area contributed by atoms with Crippen molar-refractivity contribution in [3.05, 3.63) is 0 Å². The molecule has 1 saturated heterocycles. The molecule has 1 aliphatic rings. The van der Waals surface area contributed by atoms with Crippen molar-refractivity contribution in [2.24, 2.45) is 5.41 Å². The lowest BCUT2D eigenvalue weighted by Crippen LogP contribution is -2.34. The maximum atomic E-state index is 8.45. The first-order chi connectivity index (χ1) is 6.20. The molecule has 0 amide bonds. The second kappa shape index (κ2) is 4.88. The van der Waals surface area contributed by atoms with E-state index in [9.17, 15) is 0 Å². The van der Waals surface area contributed by atoms with Crippen molar-refractivity contribution in [1.29, 1.82) is 5.26 Å². The summed E-state index contributed by atoms with van der Waals surface area (Å²) in [4.78, 5) is 0. The van der Waals surface area contributed by atoms with E-state index < -0.39 is 0 Å². The predicted octanol–water partition coefficient (Wildman–Crippen LogP) is 2.67. The van der Waals surface area contributed by atoms with E-state index in [0.29, 0.717) is 11.2 Å². The molecule has 13 heavy (non-hydrogen) atoms. The smallest absolute Gasteiger partial charge is 0.0955 e. The van der Waals surface area contributed by atoms with Crippen LogP contribution in [-0.2, 0) is 0 Å². The summed E-state index contributed by atoms with van der Waals surface area (Å²) in [6.07, 6.45) is 3.84. The molecule has 0 atom stereocenters. The van der Waals surface area contributed by atoms with Crippen LogP contribution in [0, 0.1) is 16.7 Å². The molecule has 1 fully saturated rings. The SMILES string of the molecule is CCC1(C)CCN(SCC#N)CC1. The average molecular weight is 198 g/mol. The standard InChI is InChI=1S/C10H18N2S/c1-3-10(2)4-7-12(8-5-10)13-9-6-11/h3-5,7-9H2,1-2H3. The minimum atomic E-state index is 0.559. The summed E-state index contributed by atoms with van der Waals surface area (Å²) in [5, 5.41) is 8.45. The van der Waals surface area contributed by atoms with Crippen LogP contribution in [0.2, 0.25) is 0 Å². The van der Waals surface area contributed by atoms with Gasteiger partial charge < -0.3 is 0 Å². The lowest BCUT2D eigenvalue weighted by molar-refractivity contribution is 0.176. The topological polar surface area (TPSA) is 27.0 Å². The first kappa shape index (κ1) is 10.9. The van der Waals surface area contributed by atoms with Crippen LogP contribution in [0.4, 0.5) is 0 Å². The number of nitriles is 1. The molecule has 0 aromatic rings. The summed E-state index contributed by atoms with van der Waals surface area (Å²) >= 11 is 1.68. The van der Waals surface area contributed by atoms with Gasteiger partial charge in [0, 0.05) is 13.1 Å². The van der Waals surface area contributed by atoms with Crippen molar-refractivity contribution >= 4 is 11.9 Å². The van der Waals surface area contributed by atoms with Gasteiger partial charge in [0.25, 0.3) is 0 Å². The molecule has 0 bridgehead atoms. The maximum Gasteiger partial charge on any atom is 0.0955 e. The van der Waals surface area contributed by atoms with Gasteiger partial charge in [0.05, 0.1) is 11.8 Å².